The van der Waals surface area contributed by atoms with Crippen molar-refractivity contribution in [1.29, 1.82) is 0 Å². The van der Waals surface area contributed by atoms with Crippen LogP contribution in [-0.2, 0) is 17.1 Å². The van der Waals surface area contributed by atoms with E-state index in [1.165, 1.54) is 19.3 Å². The Morgan fingerprint density at radius 2 is 1.50 bits per heavy atom. The highest BCUT2D eigenvalue weighted by Crippen LogP contribution is 2.57. The third-order valence-electron chi connectivity index (χ3n) is 8.21. The zero-order valence-electron chi connectivity index (χ0n) is 21.2. The molecule has 4 nitrogen and oxygen atoms in total. The van der Waals surface area contributed by atoms with Crippen molar-refractivity contribution in [3.63, 3.8) is 0 Å². The van der Waals surface area contributed by atoms with Gasteiger partial charge in [0.1, 0.15) is 0 Å². The molecule has 38 heavy (non-hydrogen) atoms. The molecular formula is C26H32ClF6N3OS. The van der Waals surface area contributed by atoms with Crippen LogP contribution >= 0.6 is 24.2 Å². The minimum absolute atomic E-state index is 0. The van der Waals surface area contributed by atoms with Crippen molar-refractivity contribution in [2.45, 2.75) is 88.8 Å². The molecule has 1 aromatic carbocycles. The van der Waals surface area contributed by atoms with Crippen LogP contribution in [0, 0.1) is 17.8 Å². The Morgan fingerprint density at radius 1 is 1.00 bits per heavy atom. The molecule has 1 amide bonds. The first kappa shape index (κ1) is 29.4. The monoisotopic (exact) mass is 583 g/mol. The fraction of sp³-hybridized carbons (Fsp3) is 0.692. The molecular weight excluding hydrogens is 552 g/mol. The average Bonchev–Trinajstić information content (AvgIpc) is 3.12. The molecule has 0 aromatic heterocycles. The van der Waals surface area contributed by atoms with Gasteiger partial charge in [0.15, 0.2) is 5.17 Å². The lowest BCUT2D eigenvalue weighted by molar-refractivity contribution is -0.143. The van der Waals surface area contributed by atoms with Gasteiger partial charge in [0.2, 0.25) is 5.91 Å². The fourth-order valence-corrected chi connectivity index (χ4v) is 8.62. The normalized spacial score (nSPS) is 31.7. The highest BCUT2D eigenvalue weighted by molar-refractivity contribution is 8.14. The van der Waals surface area contributed by atoms with Gasteiger partial charge in [-0.3, -0.25) is 9.79 Å². The predicted molar refractivity (Wildman–Crippen MR) is 138 cm³/mol. The molecule has 0 radical (unpaired) electrons. The van der Waals surface area contributed by atoms with Crippen molar-refractivity contribution in [2.24, 2.45) is 22.7 Å². The first-order chi connectivity index (χ1) is 17.2. The summed E-state index contributed by atoms with van der Waals surface area (Å²) in [7, 11) is 0. The van der Waals surface area contributed by atoms with E-state index >= 15 is 0 Å². The number of anilines is 1. The molecule has 6 rings (SSSR count). The molecule has 212 valence electrons. The maximum absolute atomic E-state index is 13.2. The lowest BCUT2D eigenvalue weighted by Crippen LogP contribution is -2.50. The maximum Gasteiger partial charge on any atom is 0.416 e. The second-order valence-corrected chi connectivity index (χ2v) is 12.5. The Kier molecular flexibility index (Phi) is 8.04. The second-order valence-electron chi connectivity index (χ2n) is 11.5. The van der Waals surface area contributed by atoms with Crippen molar-refractivity contribution in [3.05, 3.63) is 29.3 Å². The van der Waals surface area contributed by atoms with Crippen LogP contribution in [0.2, 0.25) is 0 Å². The molecule has 0 spiro atoms. The summed E-state index contributed by atoms with van der Waals surface area (Å²) in [5.74, 6) is 2.19. The molecule has 1 saturated heterocycles. The van der Waals surface area contributed by atoms with Crippen LogP contribution in [0.4, 0.5) is 32.0 Å². The molecule has 4 saturated carbocycles. The van der Waals surface area contributed by atoms with Crippen LogP contribution in [-0.4, -0.2) is 39.4 Å². The Balaban J connectivity index is 0.00000336. The first-order valence-electron chi connectivity index (χ1n) is 12.8. The van der Waals surface area contributed by atoms with Crippen LogP contribution in [0.25, 0.3) is 0 Å². The first-order valence-corrected chi connectivity index (χ1v) is 13.8. The number of thioether (sulfide) groups is 1. The van der Waals surface area contributed by atoms with Gasteiger partial charge in [-0.2, -0.15) is 26.3 Å². The molecule has 1 aromatic rings. The smallest absolute Gasteiger partial charge is 0.345 e. The molecule has 4 bridgehead atoms. The average molecular weight is 584 g/mol. The number of nitrogens with zero attached hydrogens (tertiary/aromatic N) is 2. The summed E-state index contributed by atoms with van der Waals surface area (Å²) in [4.78, 5) is 20.2. The molecule has 1 heterocycles. The van der Waals surface area contributed by atoms with Gasteiger partial charge in [0.05, 0.1) is 16.7 Å². The van der Waals surface area contributed by atoms with Crippen LogP contribution in [0.15, 0.2) is 23.2 Å². The molecule has 1 atom stereocenters. The Labute approximate surface area is 228 Å². The van der Waals surface area contributed by atoms with E-state index < -0.39 is 35.1 Å². The van der Waals surface area contributed by atoms with Crippen molar-refractivity contribution >= 4 is 40.9 Å². The van der Waals surface area contributed by atoms with E-state index in [0.717, 1.165) is 42.2 Å². The molecule has 5 aliphatic rings. The summed E-state index contributed by atoms with van der Waals surface area (Å²) in [5.41, 5.74) is -3.46. The Hall–Kier alpha value is -1.62. The fourth-order valence-electron chi connectivity index (χ4n) is 7.23. The van der Waals surface area contributed by atoms with Gasteiger partial charge in [0.25, 0.3) is 0 Å². The second kappa shape index (κ2) is 10.4. The van der Waals surface area contributed by atoms with Gasteiger partial charge in [-0.15, -0.1) is 12.4 Å². The number of amides is 1. The number of amidine groups is 1. The lowest BCUT2D eigenvalue weighted by Gasteiger charge is -2.55. The number of hydrogen-bond donors (Lipinski definition) is 1. The highest BCUT2D eigenvalue weighted by Gasteiger charge is 2.52. The van der Waals surface area contributed by atoms with E-state index in [1.54, 1.807) is 11.8 Å². The van der Waals surface area contributed by atoms with E-state index in [0.29, 0.717) is 17.9 Å². The van der Waals surface area contributed by atoms with E-state index in [-0.39, 0.29) is 42.5 Å². The molecule has 4 aliphatic carbocycles. The van der Waals surface area contributed by atoms with Crippen LogP contribution in [0.5, 0.6) is 0 Å². The van der Waals surface area contributed by atoms with E-state index in [4.69, 9.17) is 4.99 Å². The number of hydrogen-bond acceptors (Lipinski definition) is 3. The highest BCUT2D eigenvalue weighted by atomic mass is 35.5. The summed E-state index contributed by atoms with van der Waals surface area (Å²) in [6.07, 6.45) is -2.76. The number of aliphatic imine (C=N–C) groups is 1. The van der Waals surface area contributed by atoms with E-state index in [9.17, 15) is 31.1 Å². The number of carbonyl (C=O) groups excluding carboxylic acids is 1. The largest absolute Gasteiger partial charge is 0.416 e. The van der Waals surface area contributed by atoms with Crippen molar-refractivity contribution in [3.8, 4) is 0 Å². The molecule has 12 heteroatoms. The third kappa shape index (κ3) is 6.08. The number of halogens is 7. The summed E-state index contributed by atoms with van der Waals surface area (Å²) in [6.45, 7) is 4.02. The van der Waals surface area contributed by atoms with Crippen LogP contribution in [0.1, 0.15) is 69.9 Å². The number of rotatable bonds is 5. The van der Waals surface area contributed by atoms with Crippen LogP contribution in [0.3, 0.4) is 0 Å². The number of benzene rings is 1. The quantitative estimate of drug-likeness (QED) is 0.363. The zero-order chi connectivity index (χ0) is 26.8. The van der Waals surface area contributed by atoms with Crippen molar-refractivity contribution in [1.82, 2.24) is 4.90 Å². The molecule has 1 N–H and O–H groups in total. The number of carbonyl (C=O) groups is 1. The van der Waals surface area contributed by atoms with Gasteiger partial charge in [-0.05, 0) is 88.3 Å². The van der Waals surface area contributed by atoms with Gasteiger partial charge in [0, 0.05) is 29.9 Å². The molecule has 5 fully saturated rings. The van der Waals surface area contributed by atoms with E-state index in [2.05, 4.69) is 10.2 Å². The summed E-state index contributed by atoms with van der Waals surface area (Å²) in [5, 5.41) is 3.19. The number of alkyl halides is 6. The molecule has 1 unspecified atom stereocenters. The Morgan fingerprint density at radius 3 is 1.95 bits per heavy atom. The van der Waals surface area contributed by atoms with Crippen molar-refractivity contribution in [2.75, 3.05) is 11.1 Å². The minimum atomic E-state index is -4.97. The standard InChI is InChI=1S/C26H31F6N3OS.ClH/c1-14(2)35-21(13-37-23(35)34-24-10-15-3-16(11-24)5-17(4-15)12-24)9-22(36)33-20-7-18(25(27,28)29)6-19(8-20)26(30,31)32;/h6-8,14-17,21H,3-5,9-13H2,1-2H3,(H,33,36);1H. The molecule has 1 aliphatic heterocycles. The van der Waals surface area contributed by atoms with Gasteiger partial charge in [-0.1, -0.05) is 11.8 Å². The maximum atomic E-state index is 13.2. The topological polar surface area (TPSA) is 44.7 Å². The number of nitrogens with one attached hydrogen (secondary N) is 1. The lowest BCUT2D eigenvalue weighted by atomic mass is 9.53. The van der Waals surface area contributed by atoms with E-state index in [1.807, 2.05) is 13.8 Å². The summed E-state index contributed by atoms with van der Waals surface area (Å²) < 4.78 is 79.1. The van der Waals surface area contributed by atoms with Crippen molar-refractivity contribution < 1.29 is 31.1 Å². The summed E-state index contributed by atoms with van der Waals surface area (Å²) >= 11 is 1.59. The van der Waals surface area contributed by atoms with Gasteiger partial charge >= 0.3 is 12.4 Å². The summed E-state index contributed by atoms with van der Waals surface area (Å²) in [6, 6.07) is 0.932. The SMILES string of the molecule is CC(C)N1C(=NC23CC4CC(CC(C4)C2)C3)SCC1CC(=O)Nc1cc(C(F)(F)F)cc(C(F)(F)F)c1.Cl. The third-order valence-corrected chi connectivity index (χ3v) is 9.32. The van der Waals surface area contributed by atoms with Gasteiger partial charge in [-0.25, -0.2) is 0 Å². The zero-order valence-corrected chi connectivity index (χ0v) is 22.8. The predicted octanol–water partition coefficient (Wildman–Crippen LogP) is 7.63. The Bertz CT molecular complexity index is 1020. The van der Waals surface area contributed by atoms with Gasteiger partial charge < -0.3 is 10.2 Å². The minimum Gasteiger partial charge on any atom is -0.345 e. The van der Waals surface area contributed by atoms with Crippen LogP contribution < -0.4 is 5.32 Å².